The van der Waals surface area contributed by atoms with Crippen LogP contribution in [0.5, 0.6) is 0 Å². The van der Waals surface area contributed by atoms with Gasteiger partial charge in [-0.1, -0.05) is 42.5 Å². The average molecular weight is 414 g/mol. The SMILES string of the molecule is Cc1cc(C)cc(NC(=O)[C@@H](Nc2cccc(C(=O)NC3CC3)c2)c2ccccc2)c1. The molecule has 31 heavy (non-hydrogen) atoms. The Labute approximate surface area is 182 Å². The van der Waals surface area contributed by atoms with E-state index in [-0.39, 0.29) is 11.8 Å². The van der Waals surface area contributed by atoms with Crippen LogP contribution in [0.15, 0.2) is 72.8 Å². The lowest BCUT2D eigenvalue weighted by molar-refractivity contribution is -0.117. The minimum absolute atomic E-state index is 0.0814. The first-order valence-electron chi connectivity index (χ1n) is 10.6. The number of hydrogen-bond acceptors (Lipinski definition) is 3. The van der Waals surface area contributed by atoms with Crippen LogP contribution in [0, 0.1) is 13.8 Å². The summed E-state index contributed by atoms with van der Waals surface area (Å²) in [5, 5.41) is 9.35. The molecule has 0 aromatic heterocycles. The van der Waals surface area contributed by atoms with Crippen molar-refractivity contribution in [3.8, 4) is 0 Å². The summed E-state index contributed by atoms with van der Waals surface area (Å²) >= 11 is 0. The van der Waals surface area contributed by atoms with E-state index in [4.69, 9.17) is 0 Å². The molecule has 0 spiro atoms. The van der Waals surface area contributed by atoms with Crippen molar-refractivity contribution in [2.75, 3.05) is 10.6 Å². The molecule has 1 aliphatic rings. The first-order chi connectivity index (χ1) is 15.0. The Morgan fingerprint density at radius 3 is 2.23 bits per heavy atom. The Balaban J connectivity index is 1.57. The van der Waals surface area contributed by atoms with E-state index in [9.17, 15) is 9.59 Å². The highest BCUT2D eigenvalue weighted by molar-refractivity contribution is 5.98. The first-order valence-corrected chi connectivity index (χ1v) is 10.6. The van der Waals surface area contributed by atoms with Gasteiger partial charge in [-0.05, 0) is 73.7 Å². The fourth-order valence-corrected chi connectivity index (χ4v) is 3.62. The van der Waals surface area contributed by atoms with Crippen LogP contribution < -0.4 is 16.0 Å². The standard InChI is InChI=1S/C26H27N3O2/c1-17-13-18(2)15-23(14-17)29-26(31)24(19-7-4-3-5-8-19)27-22-10-6-9-20(16-22)25(30)28-21-11-12-21/h3-10,13-16,21,24,27H,11-12H2,1-2H3,(H,28,30)(H,29,31)/t24-/m0/s1. The molecule has 0 bridgehead atoms. The highest BCUT2D eigenvalue weighted by Crippen LogP contribution is 2.24. The molecule has 1 fully saturated rings. The molecule has 3 aromatic carbocycles. The van der Waals surface area contributed by atoms with Crippen LogP contribution in [0.25, 0.3) is 0 Å². The molecule has 0 saturated heterocycles. The number of aryl methyl sites for hydroxylation is 2. The fourth-order valence-electron chi connectivity index (χ4n) is 3.62. The summed E-state index contributed by atoms with van der Waals surface area (Å²) in [6, 6.07) is 22.5. The lowest BCUT2D eigenvalue weighted by Gasteiger charge is -2.21. The third kappa shape index (κ3) is 5.51. The zero-order chi connectivity index (χ0) is 21.8. The van der Waals surface area contributed by atoms with Crippen LogP contribution in [0.1, 0.15) is 45.9 Å². The van der Waals surface area contributed by atoms with Crippen molar-refractivity contribution in [3.05, 3.63) is 95.1 Å². The van der Waals surface area contributed by atoms with E-state index in [0.29, 0.717) is 17.3 Å². The number of hydrogen-bond donors (Lipinski definition) is 3. The topological polar surface area (TPSA) is 70.2 Å². The van der Waals surface area contributed by atoms with Gasteiger partial charge in [-0.25, -0.2) is 0 Å². The third-order valence-electron chi connectivity index (χ3n) is 5.23. The maximum absolute atomic E-state index is 13.3. The summed E-state index contributed by atoms with van der Waals surface area (Å²) in [7, 11) is 0. The van der Waals surface area contributed by atoms with E-state index in [2.05, 4.69) is 22.0 Å². The molecule has 2 amide bonds. The quantitative estimate of drug-likeness (QED) is 0.511. The molecule has 3 N–H and O–H groups in total. The lowest BCUT2D eigenvalue weighted by Crippen LogP contribution is -2.28. The second-order valence-corrected chi connectivity index (χ2v) is 8.18. The van der Waals surface area contributed by atoms with Crippen LogP contribution in [0.2, 0.25) is 0 Å². The van der Waals surface area contributed by atoms with Gasteiger partial charge in [-0.2, -0.15) is 0 Å². The van der Waals surface area contributed by atoms with Gasteiger partial charge in [0, 0.05) is 23.0 Å². The van der Waals surface area contributed by atoms with Gasteiger partial charge in [0.05, 0.1) is 0 Å². The van der Waals surface area contributed by atoms with Crippen molar-refractivity contribution in [2.45, 2.75) is 38.8 Å². The second kappa shape index (κ2) is 9.04. The maximum Gasteiger partial charge on any atom is 0.251 e. The number of rotatable bonds is 7. The molecule has 0 radical (unpaired) electrons. The Hall–Kier alpha value is -3.60. The zero-order valence-corrected chi connectivity index (χ0v) is 17.8. The molecule has 0 unspecified atom stereocenters. The van der Waals surface area contributed by atoms with Crippen molar-refractivity contribution in [1.29, 1.82) is 0 Å². The Kier molecular flexibility index (Phi) is 6.03. The highest BCUT2D eigenvalue weighted by Gasteiger charge is 2.24. The van der Waals surface area contributed by atoms with Gasteiger partial charge >= 0.3 is 0 Å². The van der Waals surface area contributed by atoms with Crippen LogP contribution in [-0.2, 0) is 4.79 Å². The number of nitrogens with one attached hydrogen (secondary N) is 3. The average Bonchev–Trinajstić information content (AvgIpc) is 3.56. The fraction of sp³-hybridized carbons (Fsp3) is 0.231. The van der Waals surface area contributed by atoms with Crippen molar-refractivity contribution >= 4 is 23.2 Å². The highest BCUT2D eigenvalue weighted by atomic mass is 16.2. The van der Waals surface area contributed by atoms with E-state index in [1.54, 1.807) is 12.1 Å². The van der Waals surface area contributed by atoms with Crippen LogP contribution >= 0.6 is 0 Å². The summed E-state index contributed by atoms with van der Waals surface area (Å²) in [6.45, 7) is 4.02. The molecule has 0 aliphatic heterocycles. The number of benzene rings is 3. The van der Waals surface area contributed by atoms with Crippen molar-refractivity contribution < 1.29 is 9.59 Å². The van der Waals surface area contributed by atoms with Gasteiger partial charge in [0.1, 0.15) is 6.04 Å². The monoisotopic (exact) mass is 413 g/mol. The molecular weight excluding hydrogens is 386 g/mol. The summed E-state index contributed by atoms with van der Waals surface area (Å²) < 4.78 is 0. The van der Waals surface area contributed by atoms with Crippen molar-refractivity contribution in [2.24, 2.45) is 0 Å². The van der Waals surface area contributed by atoms with Crippen LogP contribution in [0.3, 0.4) is 0 Å². The summed E-state index contributed by atoms with van der Waals surface area (Å²) in [5.41, 5.74) is 5.09. The van der Waals surface area contributed by atoms with E-state index in [0.717, 1.165) is 35.2 Å². The van der Waals surface area contributed by atoms with E-state index < -0.39 is 6.04 Å². The molecule has 3 aromatic rings. The molecule has 0 heterocycles. The number of anilines is 2. The molecule has 5 nitrogen and oxygen atoms in total. The minimum atomic E-state index is -0.608. The predicted molar refractivity (Wildman–Crippen MR) is 124 cm³/mol. The van der Waals surface area contributed by atoms with Gasteiger partial charge in [0.25, 0.3) is 11.8 Å². The summed E-state index contributed by atoms with van der Waals surface area (Å²) in [4.78, 5) is 25.7. The van der Waals surface area contributed by atoms with Gasteiger partial charge in [0.15, 0.2) is 0 Å². The van der Waals surface area contributed by atoms with Crippen LogP contribution in [-0.4, -0.2) is 17.9 Å². The summed E-state index contributed by atoms with van der Waals surface area (Å²) in [6.07, 6.45) is 2.08. The minimum Gasteiger partial charge on any atom is -0.370 e. The molecule has 1 atom stereocenters. The lowest BCUT2D eigenvalue weighted by atomic mass is 10.0. The first kappa shape index (κ1) is 20.7. The Morgan fingerprint density at radius 2 is 1.55 bits per heavy atom. The van der Waals surface area contributed by atoms with E-state index in [1.807, 2.05) is 68.4 Å². The van der Waals surface area contributed by atoms with Crippen molar-refractivity contribution in [3.63, 3.8) is 0 Å². The van der Waals surface area contributed by atoms with Gasteiger partial charge < -0.3 is 16.0 Å². The number of carbonyl (C=O) groups excluding carboxylic acids is 2. The third-order valence-corrected chi connectivity index (χ3v) is 5.23. The number of carbonyl (C=O) groups is 2. The Bertz CT molecular complexity index is 1070. The maximum atomic E-state index is 13.3. The van der Waals surface area contributed by atoms with Gasteiger partial charge in [0.2, 0.25) is 0 Å². The summed E-state index contributed by atoms with van der Waals surface area (Å²) in [5.74, 6) is -0.244. The molecular formula is C26H27N3O2. The molecule has 5 heteroatoms. The van der Waals surface area contributed by atoms with Gasteiger partial charge in [-0.3, -0.25) is 9.59 Å². The Morgan fingerprint density at radius 1 is 0.839 bits per heavy atom. The smallest absolute Gasteiger partial charge is 0.251 e. The normalized spacial score (nSPS) is 13.9. The van der Waals surface area contributed by atoms with Crippen LogP contribution in [0.4, 0.5) is 11.4 Å². The molecule has 158 valence electrons. The zero-order valence-electron chi connectivity index (χ0n) is 17.8. The van der Waals surface area contributed by atoms with E-state index >= 15 is 0 Å². The second-order valence-electron chi connectivity index (χ2n) is 8.18. The molecule has 1 aliphatic carbocycles. The molecule has 4 rings (SSSR count). The van der Waals surface area contributed by atoms with Crippen molar-refractivity contribution in [1.82, 2.24) is 5.32 Å². The van der Waals surface area contributed by atoms with Gasteiger partial charge in [-0.15, -0.1) is 0 Å². The number of amides is 2. The predicted octanol–water partition coefficient (Wildman–Crippen LogP) is 4.99. The largest absolute Gasteiger partial charge is 0.370 e. The van der Waals surface area contributed by atoms with E-state index in [1.165, 1.54) is 0 Å². The molecule has 1 saturated carbocycles.